The molecule has 1 saturated heterocycles. The fraction of sp³-hybridized carbons (Fsp3) is 0.300. The number of hydrogen-bond donors (Lipinski definition) is 1. The van der Waals surface area contributed by atoms with Crippen molar-refractivity contribution in [3.8, 4) is 5.75 Å². The smallest absolute Gasteiger partial charge is 0.405 e. The van der Waals surface area contributed by atoms with Crippen LogP contribution >= 0.6 is 0 Å². The molecule has 2 amide bonds. The number of carbonyl (C=O) groups excluding carboxylic acids is 2. The van der Waals surface area contributed by atoms with Crippen LogP contribution in [0.25, 0.3) is 0 Å². The zero-order chi connectivity index (χ0) is 21.0. The van der Waals surface area contributed by atoms with E-state index in [2.05, 4.69) is 4.74 Å². The minimum atomic E-state index is -4.96. The first-order chi connectivity index (χ1) is 13.7. The van der Waals surface area contributed by atoms with Crippen molar-refractivity contribution >= 4 is 11.8 Å². The van der Waals surface area contributed by atoms with Gasteiger partial charge in [0.2, 0.25) is 5.91 Å². The second-order valence-corrected chi connectivity index (χ2v) is 6.64. The maximum atomic E-state index is 12.8. The molecule has 0 aliphatic carbocycles. The molecule has 1 aliphatic rings. The third-order valence-electron chi connectivity index (χ3n) is 4.39. The van der Waals surface area contributed by atoms with E-state index in [-0.39, 0.29) is 31.7 Å². The summed E-state index contributed by atoms with van der Waals surface area (Å²) in [4.78, 5) is 27.9. The van der Waals surface area contributed by atoms with E-state index in [1.807, 2.05) is 30.3 Å². The lowest BCUT2D eigenvalue weighted by Crippen LogP contribution is -2.39. The molecular weight excluding hydrogens is 389 g/mol. The van der Waals surface area contributed by atoms with Gasteiger partial charge in [-0.15, -0.1) is 13.2 Å². The number of amides is 2. The maximum absolute atomic E-state index is 12.8. The van der Waals surface area contributed by atoms with Crippen LogP contribution in [0.3, 0.4) is 0 Å². The van der Waals surface area contributed by atoms with Gasteiger partial charge >= 0.3 is 6.36 Å². The topological polar surface area (TPSA) is 70.1 Å². The normalized spacial score (nSPS) is 17.8. The molecule has 6 nitrogen and oxygen atoms in total. The Morgan fingerprint density at radius 1 is 1.07 bits per heavy atom. The molecule has 29 heavy (non-hydrogen) atoms. The summed E-state index contributed by atoms with van der Waals surface area (Å²) < 4.78 is 41.8. The number of hydrogen-bond acceptors (Lipinski definition) is 4. The zero-order valence-corrected chi connectivity index (χ0v) is 15.3. The van der Waals surface area contributed by atoms with E-state index < -0.39 is 30.0 Å². The number of ether oxygens (including phenoxy) is 1. The van der Waals surface area contributed by atoms with Crippen molar-refractivity contribution in [2.45, 2.75) is 19.0 Å². The Kier molecular flexibility index (Phi) is 6.07. The number of halogens is 3. The lowest BCUT2D eigenvalue weighted by molar-refractivity contribution is -0.274. The van der Waals surface area contributed by atoms with Crippen LogP contribution in [0.5, 0.6) is 5.75 Å². The van der Waals surface area contributed by atoms with Gasteiger partial charge in [0.15, 0.2) is 0 Å². The van der Waals surface area contributed by atoms with E-state index in [0.717, 1.165) is 16.5 Å². The quantitative estimate of drug-likeness (QED) is 0.844. The van der Waals surface area contributed by atoms with Crippen LogP contribution in [-0.2, 0) is 11.3 Å². The van der Waals surface area contributed by atoms with Gasteiger partial charge in [-0.1, -0.05) is 42.5 Å². The molecule has 0 radical (unpaired) electrons. The summed E-state index contributed by atoms with van der Waals surface area (Å²) >= 11 is 0. The molecule has 0 spiro atoms. The van der Waals surface area contributed by atoms with Crippen molar-refractivity contribution in [3.63, 3.8) is 0 Å². The molecule has 1 heterocycles. The van der Waals surface area contributed by atoms with Crippen molar-refractivity contribution < 1.29 is 32.6 Å². The number of para-hydroxylation sites is 1. The lowest BCUT2D eigenvalue weighted by Gasteiger charge is -2.22. The number of aliphatic hydroxyl groups is 1. The van der Waals surface area contributed by atoms with Gasteiger partial charge in [-0.3, -0.25) is 9.59 Å². The number of rotatable bonds is 4. The molecule has 1 atom stereocenters. The van der Waals surface area contributed by atoms with E-state index in [0.29, 0.717) is 0 Å². The molecule has 1 fully saturated rings. The first-order valence-corrected chi connectivity index (χ1v) is 8.87. The van der Waals surface area contributed by atoms with E-state index in [1.54, 1.807) is 0 Å². The monoisotopic (exact) mass is 408 g/mol. The molecule has 1 aliphatic heterocycles. The molecular formula is C20H19F3N2O4. The van der Waals surface area contributed by atoms with Crippen LogP contribution < -0.4 is 4.74 Å². The van der Waals surface area contributed by atoms with Crippen LogP contribution in [0.2, 0.25) is 0 Å². The van der Waals surface area contributed by atoms with Gasteiger partial charge in [0.05, 0.1) is 11.7 Å². The van der Waals surface area contributed by atoms with Crippen molar-refractivity contribution in [3.05, 3.63) is 65.7 Å². The first kappa shape index (κ1) is 20.7. The van der Waals surface area contributed by atoms with Crippen LogP contribution in [-0.4, -0.2) is 58.8 Å². The summed E-state index contributed by atoms with van der Waals surface area (Å²) in [7, 11) is 0. The molecule has 1 N–H and O–H groups in total. The average Bonchev–Trinajstić information content (AvgIpc) is 2.79. The number of carbonyl (C=O) groups is 2. The number of nitrogens with zero attached hydrogens (tertiary/aromatic N) is 2. The Balaban J connectivity index is 1.78. The van der Waals surface area contributed by atoms with Gasteiger partial charge in [0.25, 0.3) is 5.91 Å². The summed E-state index contributed by atoms with van der Waals surface area (Å²) in [6.07, 6.45) is -6.00. The number of alkyl halides is 3. The van der Waals surface area contributed by atoms with Gasteiger partial charge in [0, 0.05) is 19.6 Å². The highest BCUT2D eigenvalue weighted by Gasteiger charge is 2.35. The minimum absolute atomic E-state index is 0.0121. The molecule has 154 valence electrons. The predicted molar refractivity (Wildman–Crippen MR) is 96.9 cm³/mol. The summed E-state index contributed by atoms with van der Waals surface area (Å²) in [6, 6.07) is 14.1. The highest BCUT2D eigenvalue weighted by Crippen LogP contribution is 2.27. The Bertz CT molecular complexity index is 874. The van der Waals surface area contributed by atoms with Gasteiger partial charge in [0.1, 0.15) is 12.3 Å². The summed E-state index contributed by atoms with van der Waals surface area (Å²) in [6.45, 7) is -0.274. The average molecular weight is 408 g/mol. The Hall–Kier alpha value is -3.07. The molecule has 0 bridgehead atoms. The van der Waals surface area contributed by atoms with Crippen LogP contribution in [0, 0.1) is 0 Å². The Labute approximate surface area is 165 Å². The molecule has 1 unspecified atom stereocenters. The largest absolute Gasteiger partial charge is 0.573 e. The molecule has 3 rings (SSSR count). The van der Waals surface area contributed by atoms with E-state index >= 15 is 0 Å². The van der Waals surface area contributed by atoms with Crippen molar-refractivity contribution in [1.82, 2.24) is 9.80 Å². The van der Waals surface area contributed by atoms with Crippen molar-refractivity contribution in [2.75, 3.05) is 19.6 Å². The molecule has 2 aromatic carbocycles. The molecule has 0 aromatic heterocycles. The summed E-state index contributed by atoms with van der Waals surface area (Å²) in [5.41, 5.74) is 0.526. The fourth-order valence-corrected chi connectivity index (χ4v) is 3.13. The molecule has 2 aromatic rings. The SMILES string of the molecule is O=C1CN(C(=O)c2ccccc2OC(F)(F)F)CC(O)CN1Cc1ccccc1. The summed E-state index contributed by atoms with van der Waals surface area (Å²) in [5.74, 6) is -1.89. The minimum Gasteiger partial charge on any atom is -0.405 e. The van der Waals surface area contributed by atoms with Gasteiger partial charge in [-0.25, -0.2) is 0 Å². The number of β-amino-alcohol motifs (C(OH)–C–C–N with tert-alkyl or cyclic N) is 1. The maximum Gasteiger partial charge on any atom is 0.573 e. The van der Waals surface area contributed by atoms with Crippen LogP contribution in [0.1, 0.15) is 15.9 Å². The van der Waals surface area contributed by atoms with Crippen LogP contribution in [0.4, 0.5) is 13.2 Å². The lowest BCUT2D eigenvalue weighted by atomic mass is 10.1. The third-order valence-corrected chi connectivity index (χ3v) is 4.39. The Morgan fingerprint density at radius 2 is 1.72 bits per heavy atom. The highest BCUT2D eigenvalue weighted by atomic mass is 19.4. The van der Waals surface area contributed by atoms with Crippen molar-refractivity contribution in [1.29, 1.82) is 0 Å². The second-order valence-electron chi connectivity index (χ2n) is 6.64. The molecule has 0 saturated carbocycles. The van der Waals surface area contributed by atoms with E-state index in [4.69, 9.17) is 0 Å². The predicted octanol–water partition coefficient (Wildman–Crippen LogP) is 2.43. The molecule has 9 heteroatoms. The highest BCUT2D eigenvalue weighted by molar-refractivity contribution is 5.99. The van der Waals surface area contributed by atoms with Gasteiger partial charge < -0.3 is 19.6 Å². The summed E-state index contributed by atoms with van der Waals surface area (Å²) in [5, 5.41) is 10.3. The Morgan fingerprint density at radius 3 is 2.41 bits per heavy atom. The third kappa shape index (κ3) is 5.47. The second kappa shape index (κ2) is 8.52. The van der Waals surface area contributed by atoms with Crippen molar-refractivity contribution in [2.24, 2.45) is 0 Å². The van der Waals surface area contributed by atoms with E-state index in [9.17, 15) is 27.9 Å². The van der Waals surface area contributed by atoms with Gasteiger partial charge in [-0.05, 0) is 17.7 Å². The number of aliphatic hydroxyl groups excluding tert-OH is 1. The number of benzene rings is 2. The zero-order valence-electron chi connectivity index (χ0n) is 15.3. The van der Waals surface area contributed by atoms with Gasteiger partial charge in [-0.2, -0.15) is 0 Å². The first-order valence-electron chi connectivity index (χ1n) is 8.87. The fourth-order valence-electron chi connectivity index (χ4n) is 3.13. The van der Waals surface area contributed by atoms with Crippen LogP contribution in [0.15, 0.2) is 54.6 Å². The standard InChI is InChI=1S/C20H19F3N2O4/c21-20(22,23)29-17-9-5-4-8-16(17)19(28)25-12-15(26)11-24(18(27)13-25)10-14-6-2-1-3-7-14/h1-9,15,26H,10-13H2. The van der Waals surface area contributed by atoms with E-state index in [1.165, 1.54) is 23.1 Å².